The lowest BCUT2D eigenvalue weighted by atomic mass is 10.1. The summed E-state index contributed by atoms with van der Waals surface area (Å²) in [5, 5.41) is 12.5. The molecule has 14 heteroatoms. The topological polar surface area (TPSA) is 150 Å². The largest absolute Gasteiger partial charge is 0.453 e. The van der Waals surface area contributed by atoms with Gasteiger partial charge in [0, 0.05) is 34.4 Å². The first kappa shape index (κ1) is 87.1. The Morgan fingerprint density at radius 3 is 1.40 bits per heavy atom. The van der Waals surface area contributed by atoms with E-state index in [9.17, 15) is 9.59 Å². The number of allylic oxidation sites excluding steroid dienone is 1. The van der Waals surface area contributed by atoms with Crippen LogP contribution in [0.3, 0.4) is 0 Å². The summed E-state index contributed by atoms with van der Waals surface area (Å²) in [4.78, 5) is 33.7. The molecule has 4 N–H and O–H groups in total. The maximum Gasteiger partial charge on any atom is 0.406 e. The minimum absolute atomic E-state index is 0. The smallest absolute Gasteiger partial charge is 0.406 e. The average molecular weight is 850 g/mol. The number of methoxy groups -OCH3 is 3. The molecule has 58 heavy (non-hydrogen) atoms. The Labute approximate surface area is 363 Å². The molecule has 0 radical (unpaired) electrons. The van der Waals surface area contributed by atoms with Gasteiger partial charge in [-0.05, 0) is 46.8 Å². The predicted molar refractivity (Wildman–Crippen MR) is 257 cm³/mol. The highest BCUT2D eigenvalue weighted by Gasteiger charge is 2.06. The minimum atomic E-state index is -0.407. The highest BCUT2D eigenvalue weighted by molar-refractivity contribution is 5.66. The van der Waals surface area contributed by atoms with Crippen molar-refractivity contribution in [1.82, 2.24) is 26.3 Å². The quantitative estimate of drug-likeness (QED) is 0.0486. The third-order valence-corrected chi connectivity index (χ3v) is 4.72. The van der Waals surface area contributed by atoms with Gasteiger partial charge in [0.15, 0.2) is 0 Å². The molecule has 0 aromatic carbocycles. The van der Waals surface area contributed by atoms with E-state index in [0.717, 1.165) is 13.2 Å². The van der Waals surface area contributed by atoms with Crippen molar-refractivity contribution in [3.8, 4) is 0 Å². The molecule has 1 saturated heterocycles. The van der Waals surface area contributed by atoms with Gasteiger partial charge in [-0.2, -0.15) is 5.06 Å². The number of unbranched alkanes of at least 4 members (excludes halogenated alkanes) is 2. The Hall–Kier alpha value is -2.56. The van der Waals surface area contributed by atoms with Gasteiger partial charge in [-0.15, -0.1) is 19.7 Å². The van der Waals surface area contributed by atoms with Gasteiger partial charge >= 0.3 is 12.2 Å². The van der Waals surface area contributed by atoms with Crippen molar-refractivity contribution >= 4 is 12.2 Å². The molecule has 2 amide bonds. The van der Waals surface area contributed by atoms with Gasteiger partial charge in [0.2, 0.25) is 0 Å². The fraction of sp³-hybridized carbons (Fsp3) is 0.818. The van der Waals surface area contributed by atoms with Crippen LogP contribution in [-0.4, -0.2) is 120 Å². The highest BCUT2D eigenvalue weighted by Crippen LogP contribution is 2.07. The third-order valence-electron chi connectivity index (χ3n) is 4.72. The molecule has 0 aromatic rings. The van der Waals surface area contributed by atoms with Crippen LogP contribution in [0, 0.1) is 0 Å². The second kappa shape index (κ2) is 124. The monoisotopic (exact) mass is 850 g/mol. The summed E-state index contributed by atoms with van der Waals surface area (Å²) < 4.78 is 18.4. The van der Waals surface area contributed by atoms with Crippen LogP contribution in [0.4, 0.5) is 9.59 Å². The lowest BCUT2D eigenvalue weighted by Gasteiger charge is -2.22. The van der Waals surface area contributed by atoms with E-state index in [1.54, 1.807) is 25.3 Å². The van der Waals surface area contributed by atoms with Gasteiger partial charge in [-0.25, -0.2) is 19.4 Å². The molecule has 0 atom stereocenters. The number of carbonyl (C=O) groups is 2. The highest BCUT2D eigenvalue weighted by atomic mass is 17.2. The van der Waals surface area contributed by atoms with Crippen molar-refractivity contribution in [3.63, 3.8) is 0 Å². The molecule has 1 aliphatic heterocycles. The molecule has 1 fully saturated rings. The summed E-state index contributed by atoms with van der Waals surface area (Å²) in [6.07, 6.45) is 14.6. The van der Waals surface area contributed by atoms with E-state index in [-0.39, 0.29) is 7.43 Å². The second-order valence-corrected chi connectivity index (χ2v) is 8.82. The van der Waals surface area contributed by atoms with Crippen LogP contribution in [0.5, 0.6) is 0 Å². The molecular formula is C44H107N5O9. The lowest BCUT2D eigenvalue weighted by molar-refractivity contribution is -0.263. The third kappa shape index (κ3) is 159. The normalized spacial score (nSPS) is 10.1. The number of ether oxygens (including phenoxy) is 4. The summed E-state index contributed by atoms with van der Waals surface area (Å²) in [7, 11) is 12.6. The van der Waals surface area contributed by atoms with E-state index < -0.39 is 12.2 Å². The molecule has 0 spiro atoms. The molecular weight excluding hydrogens is 743 g/mol. The molecule has 0 unspecified atom stereocenters. The van der Waals surface area contributed by atoms with Crippen LogP contribution < -0.4 is 21.3 Å². The zero-order valence-corrected chi connectivity index (χ0v) is 41.6. The number of rotatable bonds is 12. The van der Waals surface area contributed by atoms with Gasteiger partial charge in [0.05, 0.1) is 27.9 Å². The van der Waals surface area contributed by atoms with Gasteiger partial charge < -0.3 is 34.9 Å². The first-order valence-electron chi connectivity index (χ1n) is 20.9. The van der Waals surface area contributed by atoms with Crippen LogP contribution in [-0.2, 0) is 33.6 Å². The Bertz CT molecular complexity index is 568. The molecule has 14 nitrogen and oxygen atoms in total. The summed E-state index contributed by atoms with van der Waals surface area (Å²) >= 11 is 0. The van der Waals surface area contributed by atoms with E-state index in [0.29, 0.717) is 26.7 Å². The molecule has 362 valence electrons. The Kier molecular flexibility index (Phi) is 186. The second-order valence-electron chi connectivity index (χ2n) is 8.82. The molecule has 0 aromatic heterocycles. The fourth-order valence-corrected chi connectivity index (χ4v) is 2.50. The molecule has 0 bridgehead atoms. The van der Waals surface area contributed by atoms with Gasteiger partial charge in [0.1, 0.15) is 20.1 Å². The van der Waals surface area contributed by atoms with E-state index in [1.165, 1.54) is 93.3 Å². The maximum atomic E-state index is 9.85. The van der Waals surface area contributed by atoms with Crippen molar-refractivity contribution in [2.75, 3.05) is 103 Å². The van der Waals surface area contributed by atoms with Crippen LogP contribution in [0.1, 0.15) is 142 Å². The zero-order valence-electron chi connectivity index (χ0n) is 41.6. The van der Waals surface area contributed by atoms with Crippen LogP contribution in [0.2, 0.25) is 0 Å². The Morgan fingerprint density at radius 1 is 0.690 bits per heavy atom. The van der Waals surface area contributed by atoms with Crippen LogP contribution in [0.25, 0.3) is 0 Å². The van der Waals surface area contributed by atoms with Crippen LogP contribution >= 0.6 is 0 Å². The maximum absolute atomic E-state index is 9.85. The van der Waals surface area contributed by atoms with Gasteiger partial charge in [-0.3, -0.25) is 10.2 Å². The number of hydrogen-bond donors (Lipinski definition) is 4. The SMILES string of the molecule is C.C=CC.C=CCOC.C=CCOOC.CC.CC.CC.CC.CC.CCCCCNC.CNC(=O)OC.CNC(=O)OC.CNCON1CCCCCCCOC1. The molecule has 1 aliphatic rings. The van der Waals surface area contributed by atoms with E-state index in [4.69, 9.17) is 9.57 Å². The number of nitrogens with zero attached hydrogens (tertiary/aromatic N) is 1. The molecule has 1 heterocycles. The standard InChI is InChI=1S/C10H22N2O2.C6H15N.C4H8O2.C4H8O.2C3H7NO2.C3H6.5C2H6.CH4/c1-11-9-14-12-7-5-3-2-4-6-8-13-10-12;1-3-4-5-6-7-2;1-3-4-6-5-2;1-3-4-5-2;2*1-4-3(5)6-2;1-3-2;5*1-2;/h11H,2-10H2,1H3;7H,3-6H2,1-2H3;3H,1,4H2,2H3;3H,1,4H2,2H3;2*1-2H3,(H,4,5);3H,1H2,2H3;5*1-2H3;1H4. The average Bonchev–Trinajstić information content (AvgIpc) is 3.28. The molecule has 0 saturated carbocycles. The van der Waals surface area contributed by atoms with Gasteiger partial charge in [-0.1, -0.05) is 134 Å². The summed E-state index contributed by atoms with van der Waals surface area (Å²) in [6.45, 7) is 39.6. The first-order valence-corrected chi connectivity index (χ1v) is 20.9. The van der Waals surface area contributed by atoms with E-state index in [1.807, 2.05) is 95.3 Å². The fourth-order valence-electron chi connectivity index (χ4n) is 2.50. The van der Waals surface area contributed by atoms with E-state index in [2.05, 4.69) is 71.9 Å². The van der Waals surface area contributed by atoms with Crippen molar-refractivity contribution < 1.29 is 43.1 Å². The summed E-state index contributed by atoms with van der Waals surface area (Å²) in [5.74, 6) is 0. The first-order chi connectivity index (χ1) is 27.7. The summed E-state index contributed by atoms with van der Waals surface area (Å²) in [6, 6.07) is 0. The number of carbonyl (C=O) groups excluding carboxylic acids is 2. The Morgan fingerprint density at radius 2 is 1.12 bits per heavy atom. The lowest BCUT2D eigenvalue weighted by Crippen LogP contribution is -2.32. The predicted octanol–water partition coefficient (Wildman–Crippen LogP) is 11.2. The van der Waals surface area contributed by atoms with Gasteiger partial charge in [0.25, 0.3) is 0 Å². The number of nitrogens with one attached hydrogen (secondary N) is 4. The van der Waals surface area contributed by atoms with Crippen molar-refractivity contribution in [3.05, 3.63) is 38.0 Å². The molecule has 1 rings (SSSR count). The van der Waals surface area contributed by atoms with Crippen molar-refractivity contribution in [2.24, 2.45) is 0 Å². The Balaban J connectivity index is -0.0000000426. The number of hydrogen-bond acceptors (Lipinski definition) is 12. The number of hydroxylamine groups is 2. The summed E-state index contributed by atoms with van der Waals surface area (Å²) in [5.41, 5.74) is 0. The van der Waals surface area contributed by atoms with E-state index >= 15 is 0 Å². The van der Waals surface area contributed by atoms with Crippen molar-refractivity contribution in [1.29, 1.82) is 0 Å². The number of alkyl carbamates (subject to hydrolysis) is 2. The minimum Gasteiger partial charge on any atom is -0.453 e. The van der Waals surface area contributed by atoms with Crippen LogP contribution in [0.15, 0.2) is 38.0 Å². The zero-order chi connectivity index (χ0) is 47.2. The number of amides is 2. The van der Waals surface area contributed by atoms with Crippen molar-refractivity contribution in [2.45, 2.75) is 142 Å². The molecule has 0 aliphatic carbocycles.